The fraction of sp³-hybridized carbons (Fsp3) is 0.533. The van der Waals surface area contributed by atoms with E-state index in [2.05, 4.69) is 34.1 Å². The molecule has 0 unspecified atom stereocenters. The number of hydrogen-bond acceptors (Lipinski definition) is 4. The van der Waals surface area contributed by atoms with E-state index in [0.717, 1.165) is 38.0 Å². The molecule has 112 valence electrons. The van der Waals surface area contributed by atoms with Gasteiger partial charge in [-0.3, -0.25) is 9.69 Å². The van der Waals surface area contributed by atoms with Gasteiger partial charge < -0.3 is 5.32 Å². The lowest BCUT2D eigenvalue weighted by atomic mass is 10.3. The lowest BCUT2D eigenvalue weighted by molar-refractivity contribution is 0.0952. The van der Waals surface area contributed by atoms with Gasteiger partial charge in [0.05, 0.1) is 6.20 Å². The molecule has 6 heteroatoms. The highest BCUT2D eigenvalue weighted by Crippen LogP contribution is 2.20. The van der Waals surface area contributed by atoms with Crippen molar-refractivity contribution in [1.82, 2.24) is 24.8 Å². The summed E-state index contributed by atoms with van der Waals surface area (Å²) >= 11 is 0. The van der Waals surface area contributed by atoms with Crippen LogP contribution in [0.25, 0.3) is 5.65 Å². The molecule has 2 heterocycles. The monoisotopic (exact) mass is 287 g/mol. The Kier molecular flexibility index (Phi) is 3.88. The minimum atomic E-state index is -0.0727. The number of rotatable bonds is 6. The van der Waals surface area contributed by atoms with Gasteiger partial charge in [-0.25, -0.2) is 9.50 Å². The van der Waals surface area contributed by atoms with Crippen molar-refractivity contribution in [3.8, 4) is 0 Å². The van der Waals surface area contributed by atoms with Crippen molar-refractivity contribution in [3.63, 3.8) is 0 Å². The molecule has 3 rings (SSSR count). The topological polar surface area (TPSA) is 62.5 Å². The Hall–Kier alpha value is -1.95. The van der Waals surface area contributed by atoms with E-state index in [1.54, 1.807) is 10.7 Å². The first-order valence-corrected chi connectivity index (χ1v) is 7.56. The van der Waals surface area contributed by atoms with Gasteiger partial charge >= 0.3 is 0 Å². The first kappa shape index (κ1) is 14.0. The molecule has 0 bridgehead atoms. The van der Waals surface area contributed by atoms with Crippen LogP contribution >= 0.6 is 0 Å². The van der Waals surface area contributed by atoms with E-state index in [4.69, 9.17) is 0 Å². The third-order valence-electron chi connectivity index (χ3n) is 3.87. The van der Waals surface area contributed by atoms with E-state index in [-0.39, 0.29) is 5.91 Å². The maximum Gasteiger partial charge on any atom is 0.256 e. The van der Waals surface area contributed by atoms with Crippen LogP contribution in [0.2, 0.25) is 0 Å². The molecule has 0 atom stereocenters. The predicted octanol–water partition coefficient (Wildman–Crippen LogP) is 1.46. The third kappa shape index (κ3) is 3.05. The highest BCUT2D eigenvalue weighted by molar-refractivity contribution is 5.99. The zero-order valence-corrected chi connectivity index (χ0v) is 12.5. The van der Waals surface area contributed by atoms with Gasteiger partial charge in [0.1, 0.15) is 5.56 Å². The molecule has 1 N–H and O–H groups in total. The number of fused-ring (bicyclic) bond motifs is 1. The number of nitrogens with one attached hydrogen (secondary N) is 1. The maximum absolute atomic E-state index is 12.1. The summed E-state index contributed by atoms with van der Waals surface area (Å²) in [6.45, 7) is 7.14. The Bertz CT molecular complexity index is 643. The Labute approximate surface area is 124 Å². The van der Waals surface area contributed by atoms with Crippen molar-refractivity contribution in [3.05, 3.63) is 29.7 Å². The van der Waals surface area contributed by atoms with Crippen molar-refractivity contribution < 1.29 is 4.79 Å². The number of hydrogen-bond donors (Lipinski definition) is 1. The zero-order chi connectivity index (χ0) is 14.8. The van der Waals surface area contributed by atoms with Crippen LogP contribution in [0, 0.1) is 0 Å². The number of amides is 1. The summed E-state index contributed by atoms with van der Waals surface area (Å²) in [5, 5.41) is 7.23. The molecule has 21 heavy (non-hydrogen) atoms. The van der Waals surface area contributed by atoms with E-state index < -0.39 is 0 Å². The molecule has 1 aliphatic carbocycles. The Morgan fingerprint density at radius 3 is 2.81 bits per heavy atom. The molecule has 0 spiro atoms. The third-order valence-corrected chi connectivity index (χ3v) is 3.87. The summed E-state index contributed by atoms with van der Waals surface area (Å²) < 4.78 is 1.70. The fourth-order valence-electron chi connectivity index (χ4n) is 2.35. The van der Waals surface area contributed by atoms with E-state index in [1.807, 2.05) is 12.4 Å². The highest BCUT2D eigenvalue weighted by atomic mass is 16.1. The number of nitrogens with zero attached hydrogens (tertiary/aromatic N) is 4. The molecular weight excluding hydrogens is 266 g/mol. The molecule has 2 aromatic heterocycles. The van der Waals surface area contributed by atoms with E-state index in [0.29, 0.717) is 17.3 Å². The lowest BCUT2D eigenvalue weighted by Crippen LogP contribution is -2.25. The van der Waals surface area contributed by atoms with Crippen LogP contribution in [0.15, 0.2) is 18.6 Å². The largest absolute Gasteiger partial charge is 0.349 e. The SMILES string of the molecule is CCN(CC)Cc1cnc2c(C(=O)NC3CC3)cnn2c1. The van der Waals surface area contributed by atoms with Gasteiger partial charge in [-0.1, -0.05) is 13.8 Å². The van der Waals surface area contributed by atoms with Crippen LogP contribution in [0.1, 0.15) is 42.6 Å². The fourth-order valence-corrected chi connectivity index (χ4v) is 2.35. The van der Waals surface area contributed by atoms with Crippen molar-refractivity contribution in [1.29, 1.82) is 0 Å². The molecule has 1 saturated carbocycles. The molecule has 0 aliphatic heterocycles. The van der Waals surface area contributed by atoms with Crippen LogP contribution in [0.4, 0.5) is 0 Å². The van der Waals surface area contributed by atoms with E-state index >= 15 is 0 Å². The molecule has 1 fully saturated rings. The maximum atomic E-state index is 12.1. The lowest BCUT2D eigenvalue weighted by Gasteiger charge is -2.17. The Morgan fingerprint density at radius 2 is 2.14 bits per heavy atom. The van der Waals surface area contributed by atoms with E-state index in [9.17, 15) is 4.79 Å². The molecule has 1 aliphatic rings. The molecule has 1 amide bonds. The summed E-state index contributed by atoms with van der Waals surface area (Å²) in [5.74, 6) is -0.0727. The second kappa shape index (κ2) is 5.81. The minimum Gasteiger partial charge on any atom is -0.349 e. The van der Waals surface area contributed by atoms with Gasteiger partial charge in [0.15, 0.2) is 5.65 Å². The average molecular weight is 287 g/mol. The van der Waals surface area contributed by atoms with Crippen molar-refractivity contribution in [2.24, 2.45) is 0 Å². The number of carbonyl (C=O) groups is 1. The molecular formula is C15H21N5O. The summed E-state index contributed by atoms with van der Waals surface area (Å²) in [4.78, 5) is 18.8. The second-order valence-electron chi connectivity index (χ2n) is 5.50. The molecule has 0 radical (unpaired) electrons. The van der Waals surface area contributed by atoms with Crippen molar-refractivity contribution >= 4 is 11.6 Å². The smallest absolute Gasteiger partial charge is 0.256 e. The van der Waals surface area contributed by atoms with Gasteiger partial charge in [0, 0.05) is 30.5 Å². The highest BCUT2D eigenvalue weighted by Gasteiger charge is 2.25. The summed E-state index contributed by atoms with van der Waals surface area (Å²) in [6.07, 6.45) is 7.54. The normalized spacial score (nSPS) is 14.8. The molecule has 6 nitrogen and oxygen atoms in total. The second-order valence-corrected chi connectivity index (χ2v) is 5.50. The quantitative estimate of drug-likeness (QED) is 0.874. The molecule has 0 aromatic carbocycles. The van der Waals surface area contributed by atoms with Crippen LogP contribution in [-0.2, 0) is 6.54 Å². The van der Waals surface area contributed by atoms with Crippen LogP contribution in [-0.4, -0.2) is 44.5 Å². The molecule has 0 saturated heterocycles. The number of aromatic nitrogens is 3. The van der Waals surface area contributed by atoms with Crippen LogP contribution in [0.3, 0.4) is 0 Å². The number of carbonyl (C=O) groups excluding carboxylic acids is 1. The summed E-state index contributed by atoms with van der Waals surface area (Å²) in [6, 6.07) is 0.342. The first-order valence-electron chi connectivity index (χ1n) is 7.56. The zero-order valence-electron chi connectivity index (χ0n) is 12.5. The first-order chi connectivity index (χ1) is 10.2. The predicted molar refractivity (Wildman–Crippen MR) is 80.1 cm³/mol. The van der Waals surface area contributed by atoms with Gasteiger partial charge in [-0.15, -0.1) is 0 Å². The van der Waals surface area contributed by atoms with Crippen molar-refractivity contribution in [2.75, 3.05) is 13.1 Å². The Balaban J connectivity index is 1.81. The standard InChI is InChI=1S/C15H21N5O/c1-3-19(4-2)9-11-7-16-14-13(8-17-20(14)10-11)15(21)18-12-5-6-12/h7-8,10,12H,3-6,9H2,1-2H3,(H,18,21). The average Bonchev–Trinajstić information content (AvgIpc) is 3.20. The minimum absolute atomic E-state index is 0.0727. The Morgan fingerprint density at radius 1 is 1.38 bits per heavy atom. The van der Waals surface area contributed by atoms with Crippen LogP contribution in [0.5, 0.6) is 0 Å². The summed E-state index contributed by atoms with van der Waals surface area (Å²) in [5.41, 5.74) is 2.27. The summed E-state index contributed by atoms with van der Waals surface area (Å²) in [7, 11) is 0. The van der Waals surface area contributed by atoms with Gasteiger partial charge in [-0.05, 0) is 25.9 Å². The molecule has 2 aromatic rings. The van der Waals surface area contributed by atoms with Crippen LogP contribution < -0.4 is 5.32 Å². The van der Waals surface area contributed by atoms with Crippen molar-refractivity contribution in [2.45, 2.75) is 39.3 Å². The van der Waals surface area contributed by atoms with Gasteiger partial charge in [-0.2, -0.15) is 5.10 Å². The van der Waals surface area contributed by atoms with Gasteiger partial charge in [0.2, 0.25) is 0 Å². The van der Waals surface area contributed by atoms with E-state index in [1.165, 1.54) is 0 Å². The van der Waals surface area contributed by atoms with Gasteiger partial charge in [0.25, 0.3) is 5.91 Å².